The molecule has 2 bridgehead atoms. The van der Waals surface area contributed by atoms with Gasteiger partial charge in [0.05, 0.1) is 31.5 Å². The minimum absolute atomic E-state index is 0.0619. The molecule has 0 spiro atoms. The van der Waals surface area contributed by atoms with Gasteiger partial charge in [-0.25, -0.2) is 0 Å². The molecule has 3 rings (SSSR count). The topological polar surface area (TPSA) is 53.7 Å². The van der Waals surface area contributed by atoms with Crippen molar-refractivity contribution in [3.8, 4) is 0 Å². The highest BCUT2D eigenvalue weighted by molar-refractivity contribution is 5.13. The predicted molar refractivity (Wildman–Crippen MR) is 80.5 cm³/mol. The normalized spacial score (nSPS) is 34.9. The zero-order valence-electron chi connectivity index (χ0n) is 12.4. The van der Waals surface area contributed by atoms with E-state index in [1.807, 2.05) is 25.1 Å². The molecular formula is C17H23NO3. The van der Waals surface area contributed by atoms with Crippen LogP contribution in [0.4, 0.5) is 0 Å². The molecule has 2 fully saturated rings. The Balaban J connectivity index is 1.71. The summed E-state index contributed by atoms with van der Waals surface area (Å²) >= 11 is 0. The van der Waals surface area contributed by atoms with Gasteiger partial charge in [0.1, 0.15) is 0 Å². The van der Waals surface area contributed by atoms with Gasteiger partial charge < -0.3 is 19.9 Å². The lowest BCUT2D eigenvalue weighted by Gasteiger charge is -2.39. The maximum absolute atomic E-state index is 6.29. The van der Waals surface area contributed by atoms with E-state index in [-0.39, 0.29) is 30.5 Å². The standard InChI is InChI=1S/C17H23NO3/c1-11(2)8-13-14-10-20-17(21-14)15(18)16(13)19-9-12-6-4-3-5-7-12/h3-7,13-17H,1,8-10,18H2,2H3/t13-,14-,15?,16?,17-/m1/s1. The summed E-state index contributed by atoms with van der Waals surface area (Å²) in [5.74, 6) is 0.208. The Morgan fingerprint density at radius 3 is 2.86 bits per heavy atom. The summed E-state index contributed by atoms with van der Waals surface area (Å²) < 4.78 is 17.6. The van der Waals surface area contributed by atoms with Crippen LogP contribution >= 0.6 is 0 Å². The molecule has 1 aromatic rings. The van der Waals surface area contributed by atoms with Crippen LogP contribution in [0.5, 0.6) is 0 Å². The molecule has 0 aliphatic carbocycles. The molecular weight excluding hydrogens is 266 g/mol. The summed E-state index contributed by atoms with van der Waals surface area (Å²) in [6.07, 6.45) is 0.519. The van der Waals surface area contributed by atoms with Gasteiger partial charge >= 0.3 is 0 Å². The third kappa shape index (κ3) is 3.19. The second-order valence-corrected chi connectivity index (χ2v) is 6.04. The van der Waals surface area contributed by atoms with E-state index in [2.05, 4.69) is 18.7 Å². The Bertz CT molecular complexity index is 490. The van der Waals surface area contributed by atoms with Gasteiger partial charge in [-0.2, -0.15) is 0 Å². The summed E-state index contributed by atoms with van der Waals surface area (Å²) in [7, 11) is 0. The average Bonchev–Trinajstić information content (AvgIpc) is 2.92. The number of hydrogen-bond donors (Lipinski definition) is 1. The molecule has 0 amide bonds. The minimum Gasteiger partial charge on any atom is -0.371 e. The molecule has 0 saturated carbocycles. The average molecular weight is 289 g/mol. The highest BCUT2D eigenvalue weighted by Crippen LogP contribution is 2.36. The van der Waals surface area contributed by atoms with Crippen molar-refractivity contribution in [1.82, 2.24) is 0 Å². The molecule has 2 heterocycles. The number of allylic oxidation sites excluding steroid dienone is 1. The first kappa shape index (κ1) is 14.7. The Kier molecular flexibility index (Phi) is 4.40. The van der Waals surface area contributed by atoms with Crippen LogP contribution in [-0.4, -0.2) is 31.1 Å². The maximum Gasteiger partial charge on any atom is 0.175 e. The first-order valence-electron chi connectivity index (χ1n) is 7.47. The molecule has 21 heavy (non-hydrogen) atoms. The fourth-order valence-corrected chi connectivity index (χ4v) is 3.17. The first-order chi connectivity index (χ1) is 10.1. The Morgan fingerprint density at radius 2 is 2.14 bits per heavy atom. The Hall–Kier alpha value is -1.20. The van der Waals surface area contributed by atoms with E-state index in [9.17, 15) is 0 Å². The molecule has 2 aliphatic heterocycles. The van der Waals surface area contributed by atoms with E-state index in [1.165, 1.54) is 0 Å². The predicted octanol–water partition coefficient (Wildman–Crippen LogP) is 2.24. The van der Waals surface area contributed by atoms with Crippen LogP contribution in [0, 0.1) is 5.92 Å². The Morgan fingerprint density at radius 1 is 1.38 bits per heavy atom. The van der Waals surface area contributed by atoms with Crippen molar-refractivity contribution in [2.24, 2.45) is 11.7 Å². The van der Waals surface area contributed by atoms with Crippen molar-refractivity contribution in [1.29, 1.82) is 0 Å². The summed E-state index contributed by atoms with van der Waals surface area (Å²) in [6, 6.07) is 9.90. The van der Waals surface area contributed by atoms with Crippen molar-refractivity contribution < 1.29 is 14.2 Å². The molecule has 4 nitrogen and oxygen atoms in total. The van der Waals surface area contributed by atoms with E-state index < -0.39 is 0 Å². The summed E-state index contributed by atoms with van der Waals surface area (Å²) in [6.45, 7) is 7.21. The van der Waals surface area contributed by atoms with Crippen LogP contribution < -0.4 is 5.73 Å². The Labute approximate surface area is 125 Å². The minimum atomic E-state index is -0.336. The number of fused-ring (bicyclic) bond motifs is 2. The summed E-state index contributed by atoms with van der Waals surface area (Å²) in [5, 5.41) is 0. The lowest BCUT2D eigenvalue weighted by Crippen LogP contribution is -2.56. The van der Waals surface area contributed by atoms with Crippen molar-refractivity contribution in [3.63, 3.8) is 0 Å². The second kappa shape index (κ2) is 6.28. The third-order valence-electron chi connectivity index (χ3n) is 4.20. The zero-order chi connectivity index (χ0) is 14.8. The van der Waals surface area contributed by atoms with Gasteiger partial charge in [-0.15, -0.1) is 6.58 Å². The van der Waals surface area contributed by atoms with E-state index in [4.69, 9.17) is 19.9 Å². The van der Waals surface area contributed by atoms with Crippen LogP contribution in [-0.2, 0) is 20.8 Å². The lowest BCUT2D eigenvalue weighted by atomic mass is 9.85. The van der Waals surface area contributed by atoms with Gasteiger partial charge in [0.25, 0.3) is 0 Å². The quantitative estimate of drug-likeness (QED) is 0.845. The zero-order valence-corrected chi connectivity index (χ0v) is 12.4. The second-order valence-electron chi connectivity index (χ2n) is 6.04. The number of benzene rings is 1. The summed E-state index contributed by atoms with van der Waals surface area (Å²) in [4.78, 5) is 0. The molecule has 2 unspecified atom stereocenters. The fourth-order valence-electron chi connectivity index (χ4n) is 3.17. The smallest absolute Gasteiger partial charge is 0.175 e. The van der Waals surface area contributed by atoms with Crippen molar-refractivity contribution in [2.45, 2.75) is 44.5 Å². The molecule has 1 aromatic carbocycles. The fraction of sp³-hybridized carbons (Fsp3) is 0.529. The van der Waals surface area contributed by atoms with Crippen molar-refractivity contribution in [3.05, 3.63) is 48.0 Å². The van der Waals surface area contributed by atoms with Crippen LogP contribution in [0.15, 0.2) is 42.5 Å². The van der Waals surface area contributed by atoms with Gasteiger partial charge in [0.15, 0.2) is 6.29 Å². The third-order valence-corrected chi connectivity index (χ3v) is 4.20. The van der Waals surface area contributed by atoms with Crippen LogP contribution in [0.25, 0.3) is 0 Å². The molecule has 114 valence electrons. The van der Waals surface area contributed by atoms with Crippen LogP contribution in [0.3, 0.4) is 0 Å². The molecule has 5 atom stereocenters. The van der Waals surface area contributed by atoms with E-state index in [1.54, 1.807) is 0 Å². The van der Waals surface area contributed by atoms with Crippen LogP contribution in [0.1, 0.15) is 18.9 Å². The van der Waals surface area contributed by atoms with E-state index in [0.717, 1.165) is 17.6 Å². The van der Waals surface area contributed by atoms with Gasteiger partial charge in [0.2, 0.25) is 0 Å². The van der Waals surface area contributed by atoms with Gasteiger partial charge in [-0.1, -0.05) is 35.9 Å². The molecule has 0 aromatic heterocycles. The van der Waals surface area contributed by atoms with Gasteiger partial charge in [0, 0.05) is 5.92 Å². The van der Waals surface area contributed by atoms with E-state index in [0.29, 0.717) is 13.2 Å². The van der Waals surface area contributed by atoms with Gasteiger partial charge in [-0.3, -0.25) is 0 Å². The SMILES string of the molecule is C=C(C)C[C@H]1C(OCc2ccccc2)C(N)[C@@H]2OC[C@H]1O2. The van der Waals surface area contributed by atoms with Crippen molar-refractivity contribution in [2.75, 3.05) is 6.61 Å². The van der Waals surface area contributed by atoms with E-state index >= 15 is 0 Å². The molecule has 2 aliphatic rings. The molecule has 2 saturated heterocycles. The highest BCUT2D eigenvalue weighted by atomic mass is 16.7. The number of ether oxygens (including phenoxy) is 3. The molecule has 0 radical (unpaired) electrons. The highest BCUT2D eigenvalue weighted by Gasteiger charge is 2.49. The number of hydrogen-bond acceptors (Lipinski definition) is 4. The first-order valence-corrected chi connectivity index (χ1v) is 7.47. The van der Waals surface area contributed by atoms with Gasteiger partial charge in [-0.05, 0) is 18.9 Å². The molecule has 2 N–H and O–H groups in total. The lowest BCUT2D eigenvalue weighted by molar-refractivity contribution is -0.173. The maximum atomic E-state index is 6.29. The summed E-state index contributed by atoms with van der Waals surface area (Å²) in [5.41, 5.74) is 8.56. The largest absolute Gasteiger partial charge is 0.371 e. The monoisotopic (exact) mass is 289 g/mol. The van der Waals surface area contributed by atoms with Crippen molar-refractivity contribution >= 4 is 0 Å². The molecule has 4 heteroatoms. The number of rotatable bonds is 5. The number of nitrogens with two attached hydrogens (primary N) is 1. The van der Waals surface area contributed by atoms with Crippen LogP contribution in [0.2, 0.25) is 0 Å².